The van der Waals surface area contributed by atoms with Crippen LogP contribution in [-0.2, 0) is 7.05 Å². The maximum absolute atomic E-state index is 6.30. The quantitative estimate of drug-likeness (QED) is 0.549. The van der Waals surface area contributed by atoms with E-state index in [0.717, 1.165) is 22.5 Å². The number of aromatic nitrogens is 6. The summed E-state index contributed by atoms with van der Waals surface area (Å²) in [5.74, 6) is 0. The van der Waals surface area contributed by atoms with Crippen LogP contribution in [0.3, 0.4) is 0 Å². The lowest BCUT2D eigenvalue weighted by atomic mass is 10.1. The molecule has 7 nitrogen and oxygen atoms in total. The van der Waals surface area contributed by atoms with Gasteiger partial charge in [0, 0.05) is 24.8 Å². The Bertz CT molecular complexity index is 735. The van der Waals surface area contributed by atoms with Gasteiger partial charge in [-0.3, -0.25) is 4.68 Å². The number of aryl methyl sites for hydroxylation is 1. The minimum absolute atomic E-state index is 0.0205. The smallest absolute Gasteiger partial charge is 0.181 e. The van der Waals surface area contributed by atoms with Gasteiger partial charge in [0.1, 0.15) is 16.9 Å². The fraction of sp³-hybridized carbons (Fsp3) is 0.385. The summed E-state index contributed by atoms with van der Waals surface area (Å²) in [4.78, 5) is 15.8. The lowest BCUT2D eigenvalue weighted by Crippen LogP contribution is -2.25. The number of H-pyrrole nitrogens is 1. The molecule has 0 aliphatic heterocycles. The summed E-state index contributed by atoms with van der Waals surface area (Å²) in [6, 6.07) is 0.0205. The predicted molar refractivity (Wildman–Crippen MR) is 81.8 cm³/mol. The largest absolute Gasteiger partial charge is 0.341 e. The maximum atomic E-state index is 6.30. The van der Waals surface area contributed by atoms with E-state index in [0.29, 0.717) is 5.65 Å². The first-order chi connectivity index (χ1) is 10.2. The molecule has 2 atom stereocenters. The predicted octanol–water partition coefficient (Wildman–Crippen LogP) is 1.66. The van der Waals surface area contributed by atoms with Crippen molar-refractivity contribution in [3.05, 3.63) is 30.6 Å². The summed E-state index contributed by atoms with van der Waals surface area (Å²) in [5.41, 5.74) is 8.91. The zero-order chi connectivity index (χ0) is 14.8. The molecule has 21 heavy (non-hydrogen) atoms. The first-order valence-corrected chi connectivity index (χ1v) is 7.62. The van der Waals surface area contributed by atoms with Crippen molar-refractivity contribution in [2.24, 2.45) is 12.8 Å². The molecule has 8 heteroatoms. The van der Waals surface area contributed by atoms with Crippen molar-refractivity contribution >= 4 is 22.9 Å². The highest BCUT2D eigenvalue weighted by Crippen LogP contribution is 2.38. The summed E-state index contributed by atoms with van der Waals surface area (Å²) < 4.78 is 1.79. The SMILES string of the molecule is CCC(N)C(Sc1ncnc2nc[nH]c12)c1cnn(C)c1. The molecule has 0 bridgehead atoms. The van der Waals surface area contributed by atoms with Gasteiger partial charge in [0.2, 0.25) is 0 Å². The molecule has 3 heterocycles. The molecule has 0 aromatic carbocycles. The number of rotatable bonds is 5. The van der Waals surface area contributed by atoms with Crippen LogP contribution in [0.5, 0.6) is 0 Å². The van der Waals surface area contributed by atoms with Crippen molar-refractivity contribution in [3.63, 3.8) is 0 Å². The van der Waals surface area contributed by atoms with E-state index < -0.39 is 0 Å². The second kappa shape index (κ2) is 5.82. The standard InChI is InChI=1S/C13H17N7S/c1-3-9(14)11(8-4-19-20(2)5-8)21-13-10-12(16-6-15-10)17-7-18-13/h4-7,9,11H,3,14H2,1-2H3,(H,15,16,17,18). The zero-order valence-electron chi connectivity index (χ0n) is 11.9. The number of nitrogens with one attached hydrogen (secondary N) is 1. The first kappa shape index (κ1) is 14.0. The summed E-state index contributed by atoms with van der Waals surface area (Å²) in [6.45, 7) is 2.08. The average Bonchev–Trinajstić information content (AvgIpc) is 3.12. The van der Waals surface area contributed by atoms with Gasteiger partial charge in [0.05, 0.1) is 17.8 Å². The fourth-order valence-electron chi connectivity index (χ4n) is 2.16. The van der Waals surface area contributed by atoms with Crippen molar-refractivity contribution in [3.8, 4) is 0 Å². The van der Waals surface area contributed by atoms with Gasteiger partial charge >= 0.3 is 0 Å². The molecule has 2 unspecified atom stereocenters. The Labute approximate surface area is 126 Å². The highest BCUT2D eigenvalue weighted by atomic mass is 32.2. The fourth-order valence-corrected chi connectivity index (χ4v) is 3.40. The van der Waals surface area contributed by atoms with Gasteiger partial charge in [-0.2, -0.15) is 5.10 Å². The number of hydrogen-bond acceptors (Lipinski definition) is 6. The highest BCUT2D eigenvalue weighted by Gasteiger charge is 2.23. The normalized spacial score (nSPS) is 14.4. The van der Waals surface area contributed by atoms with Crippen LogP contribution in [0.4, 0.5) is 0 Å². The van der Waals surface area contributed by atoms with Crippen LogP contribution in [-0.4, -0.2) is 35.8 Å². The van der Waals surface area contributed by atoms with E-state index >= 15 is 0 Å². The van der Waals surface area contributed by atoms with Gasteiger partial charge in [0.25, 0.3) is 0 Å². The monoisotopic (exact) mass is 303 g/mol. The van der Waals surface area contributed by atoms with Gasteiger partial charge in [-0.15, -0.1) is 0 Å². The topological polar surface area (TPSA) is 98.3 Å². The van der Waals surface area contributed by atoms with E-state index in [1.165, 1.54) is 6.33 Å². The van der Waals surface area contributed by atoms with Crippen molar-refractivity contribution in [2.45, 2.75) is 29.7 Å². The molecule has 0 saturated heterocycles. The molecule has 3 N–H and O–H groups in total. The molecular weight excluding hydrogens is 286 g/mol. The third kappa shape index (κ3) is 2.77. The van der Waals surface area contributed by atoms with E-state index in [-0.39, 0.29) is 11.3 Å². The molecule has 3 rings (SSSR count). The third-order valence-electron chi connectivity index (χ3n) is 3.34. The molecule has 0 radical (unpaired) electrons. The maximum Gasteiger partial charge on any atom is 0.181 e. The Balaban J connectivity index is 1.96. The van der Waals surface area contributed by atoms with Gasteiger partial charge < -0.3 is 10.7 Å². The number of thioether (sulfide) groups is 1. The number of nitrogens with zero attached hydrogens (tertiary/aromatic N) is 5. The summed E-state index contributed by atoms with van der Waals surface area (Å²) in [7, 11) is 1.90. The minimum atomic E-state index is 0.0205. The van der Waals surface area contributed by atoms with Crippen LogP contribution in [0.15, 0.2) is 30.1 Å². The second-order valence-corrected chi connectivity index (χ2v) is 5.97. The van der Waals surface area contributed by atoms with Crippen molar-refractivity contribution in [1.82, 2.24) is 29.7 Å². The third-order valence-corrected chi connectivity index (χ3v) is 4.75. The number of imidazole rings is 1. The molecule has 0 aliphatic rings. The molecular formula is C13H17N7S. The number of hydrogen-bond donors (Lipinski definition) is 2. The Morgan fingerprint density at radius 2 is 2.24 bits per heavy atom. The first-order valence-electron chi connectivity index (χ1n) is 6.74. The summed E-state index contributed by atoms with van der Waals surface area (Å²) in [5, 5.41) is 5.19. The van der Waals surface area contributed by atoms with Gasteiger partial charge in [-0.25, -0.2) is 15.0 Å². The molecule has 3 aromatic heterocycles. The van der Waals surface area contributed by atoms with Crippen LogP contribution >= 0.6 is 11.8 Å². The molecule has 3 aromatic rings. The second-order valence-electron chi connectivity index (χ2n) is 4.84. The molecule has 110 valence electrons. The van der Waals surface area contributed by atoms with Gasteiger partial charge in [-0.05, 0) is 6.42 Å². The van der Waals surface area contributed by atoms with Crippen LogP contribution < -0.4 is 5.73 Å². The van der Waals surface area contributed by atoms with Crippen molar-refractivity contribution in [1.29, 1.82) is 0 Å². The van der Waals surface area contributed by atoms with E-state index in [2.05, 4.69) is 32.0 Å². The summed E-state index contributed by atoms with van der Waals surface area (Å²) in [6.07, 6.45) is 7.90. The number of fused-ring (bicyclic) bond motifs is 1. The average molecular weight is 303 g/mol. The molecule has 0 spiro atoms. The molecule has 0 amide bonds. The van der Waals surface area contributed by atoms with E-state index in [4.69, 9.17) is 5.73 Å². The molecule has 0 saturated carbocycles. The molecule has 0 fully saturated rings. The minimum Gasteiger partial charge on any atom is -0.341 e. The lowest BCUT2D eigenvalue weighted by Gasteiger charge is -2.20. The zero-order valence-corrected chi connectivity index (χ0v) is 12.7. The number of aromatic amines is 1. The Morgan fingerprint density at radius 3 is 2.95 bits per heavy atom. The summed E-state index contributed by atoms with van der Waals surface area (Å²) >= 11 is 1.62. The van der Waals surface area contributed by atoms with Crippen molar-refractivity contribution < 1.29 is 0 Å². The van der Waals surface area contributed by atoms with Crippen LogP contribution in [0.2, 0.25) is 0 Å². The van der Waals surface area contributed by atoms with Gasteiger partial charge in [-0.1, -0.05) is 18.7 Å². The van der Waals surface area contributed by atoms with Crippen LogP contribution in [0.25, 0.3) is 11.2 Å². The van der Waals surface area contributed by atoms with Gasteiger partial charge in [0.15, 0.2) is 5.65 Å². The number of nitrogens with two attached hydrogens (primary N) is 1. The van der Waals surface area contributed by atoms with E-state index in [1.54, 1.807) is 22.8 Å². The van der Waals surface area contributed by atoms with Crippen molar-refractivity contribution in [2.75, 3.05) is 0 Å². The Kier molecular flexibility index (Phi) is 3.89. The molecule has 0 aliphatic carbocycles. The lowest BCUT2D eigenvalue weighted by molar-refractivity contribution is 0.633. The van der Waals surface area contributed by atoms with E-state index in [1.807, 2.05) is 19.4 Å². The van der Waals surface area contributed by atoms with Crippen LogP contribution in [0, 0.1) is 0 Å². The highest BCUT2D eigenvalue weighted by molar-refractivity contribution is 7.99. The van der Waals surface area contributed by atoms with Crippen LogP contribution in [0.1, 0.15) is 24.2 Å². The van der Waals surface area contributed by atoms with E-state index in [9.17, 15) is 0 Å². The Hall–Kier alpha value is -1.93. The Morgan fingerprint density at radius 1 is 1.38 bits per heavy atom.